The van der Waals surface area contributed by atoms with Crippen LogP contribution in [-0.4, -0.2) is 21.7 Å². The minimum Gasteiger partial charge on any atom is -0.348 e. The highest BCUT2D eigenvalue weighted by Crippen LogP contribution is 2.23. The van der Waals surface area contributed by atoms with Crippen molar-refractivity contribution in [1.82, 2.24) is 15.1 Å². The second-order valence-electron chi connectivity index (χ2n) is 5.72. The Morgan fingerprint density at radius 1 is 1.45 bits per heavy atom. The second-order valence-corrected chi connectivity index (χ2v) is 5.72. The molecule has 0 radical (unpaired) electrons. The summed E-state index contributed by atoms with van der Waals surface area (Å²) in [4.78, 5) is 23.8. The Morgan fingerprint density at radius 3 is 2.95 bits per heavy atom. The molecule has 5 nitrogen and oxygen atoms in total. The van der Waals surface area contributed by atoms with E-state index in [0.29, 0.717) is 18.2 Å². The van der Waals surface area contributed by atoms with Gasteiger partial charge >= 0.3 is 0 Å². The summed E-state index contributed by atoms with van der Waals surface area (Å²) in [5.74, 6) is 0.491. The fraction of sp³-hybridized carbons (Fsp3) is 0.667. The van der Waals surface area contributed by atoms with E-state index in [4.69, 9.17) is 0 Å². The lowest BCUT2D eigenvalue weighted by molar-refractivity contribution is 0.0913. The molecule has 0 bridgehead atoms. The van der Waals surface area contributed by atoms with Crippen LogP contribution in [0.3, 0.4) is 0 Å². The number of amides is 1. The summed E-state index contributed by atoms with van der Waals surface area (Å²) in [6.45, 7) is 4.74. The van der Waals surface area contributed by atoms with Crippen molar-refractivity contribution < 1.29 is 4.79 Å². The van der Waals surface area contributed by atoms with E-state index < -0.39 is 0 Å². The molecule has 1 aromatic heterocycles. The van der Waals surface area contributed by atoms with Crippen molar-refractivity contribution in [3.63, 3.8) is 0 Å². The summed E-state index contributed by atoms with van der Waals surface area (Å²) >= 11 is 0. The van der Waals surface area contributed by atoms with Crippen molar-refractivity contribution >= 4 is 5.91 Å². The van der Waals surface area contributed by atoms with Crippen LogP contribution in [0.2, 0.25) is 0 Å². The van der Waals surface area contributed by atoms with Crippen LogP contribution in [0.25, 0.3) is 0 Å². The van der Waals surface area contributed by atoms with Gasteiger partial charge in [0.05, 0.1) is 0 Å². The maximum Gasteiger partial charge on any atom is 0.271 e. The molecule has 0 saturated heterocycles. The first-order valence-corrected chi connectivity index (χ1v) is 7.49. The van der Waals surface area contributed by atoms with Crippen LogP contribution < -0.4 is 10.9 Å². The molecule has 2 atom stereocenters. The van der Waals surface area contributed by atoms with Crippen molar-refractivity contribution in [1.29, 1.82) is 0 Å². The Labute approximate surface area is 119 Å². The highest BCUT2D eigenvalue weighted by Gasteiger charge is 2.21. The van der Waals surface area contributed by atoms with E-state index in [1.54, 1.807) is 0 Å². The molecule has 1 N–H and O–H groups in total. The number of aromatic nitrogens is 2. The maximum absolute atomic E-state index is 12.2. The van der Waals surface area contributed by atoms with Crippen molar-refractivity contribution in [2.75, 3.05) is 0 Å². The van der Waals surface area contributed by atoms with Crippen LogP contribution in [0.4, 0.5) is 0 Å². The van der Waals surface area contributed by atoms with Crippen molar-refractivity contribution in [3.8, 4) is 0 Å². The van der Waals surface area contributed by atoms with E-state index in [9.17, 15) is 9.59 Å². The van der Waals surface area contributed by atoms with Gasteiger partial charge in [0.1, 0.15) is 5.69 Å². The van der Waals surface area contributed by atoms with Crippen LogP contribution in [0.1, 0.15) is 56.4 Å². The fourth-order valence-electron chi connectivity index (χ4n) is 2.77. The summed E-state index contributed by atoms with van der Waals surface area (Å²) in [6, 6.07) is 3.16. The van der Waals surface area contributed by atoms with Gasteiger partial charge in [0.25, 0.3) is 11.5 Å². The molecule has 0 aliphatic heterocycles. The third kappa shape index (κ3) is 3.68. The zero-order valence-corrected chi connectivity index (χ0v) is 12.3. The van der Waals surface area contributed by atoms with Gasteiger partial charge in [0, 0.05) is 18.7 Å². The van der Waals surface area contributed by atoms with Gasteiger partial charge in [0.2, 0.25) is 0 Å². The van der Waals surface area contributed by atoms with Crippen LogP contribution in [0.15, 0.2) is 16.9 Å². The lowest BCUT2D eigenvalue weighted by Gasteiger charge is -2.27. The Hall–Kier alpha value is -1.65. The van der Waals surface area contributed by atoms with Crippen LogP contribution in [0.5, 0.6) is 0 Å². The molecule has 2 unspecified atom stereocenters. The molecule has 1 amide bonds. The standard InChI is InChI=1S/C15H23N3O2/c1-3-9-18-14(19)8-7-13(17-18)15(20)16-12-6-4-5-11(2)10-12/h7-8,11-12H,3-6,9-10H2,1-2H3,(H,16,20). The summed E-state index contributed by atoms with van der Waals surface area (Å²) in [6.07, 6.45) is 5.28. The summed E-state index contributed by atoms with van der Waals surface area (Å²) < 4.78 is 1.36. The number of rotatable bonds is 4. The molecule has 5 heteroatoms. The number of aryl methyl sites for hydroxylation is 1. The molecule has 0 aromatic carbocycles. The van der Waals surface area contributed by atoms with Crippen molar-refractivity contribution in [3.05, 3.63) is 28.2 Å². The lowest BCUT2D eigenvalue weighted by Crippen LogP contribution is -2.39. The van der Waals surface area contributed by atoms with Crippen LogP contribution in [-0.2, 0) is 6.54 Å². The highest BCUT2D eigenvalue weighted by molar-refractivity contribution is 5.92. The number of hydrogen-bond acceptors (Lipinski definition) is 3. The molecule has 1 aliphatic rings. The Balaban J connectivity index is 2.05. The molecule has 1 aromatic rings. The van der Waals surface area contributed by atoms with Crippen molar-refractivity contribution in [2.45, 2.75) is 58.5 Å². The Bertz CT molecular complexity index is 524. The van der Waals surface area contributed by atoms with Gasteiger partial charge in [0.15, 0.2) is 0 Å². The number of carbonyl (C=O) groups is 1. The van der Waals surface area contributed by atoms with E-state index >= 15 is 0 Å². The molecule has 1 saturated carbocycles. The largest absolute Gasteiger partial charge is 0.348 e. The lowest BCUT2D eigenvalue weighted by atomic mass is 9.87. The van der Waals surface area contributed by atoms with Crippen molar-refractivity contribution in [2.24, 2.45) is 5.92 Å². The van der Waals surface area contributed by atoms with Gasteiger partial charge in [-0.2, -0.15) is 5.10 Å². The first-order valence-electron chi connectivity index (χ1n) is 7.49. The predicted octanol–water partition coefficient (Wildman–Crippen LogP) is 1.96. The van der Waals surface area contributed by atoms with E-state index in [0.717, 1.165) is 25.7 Å². The number of carbonyl (C=O) groups excluding carboxylic acids is 1. The van der Waals surface area contributed by atoms with Gasteiger partial charge in [-0.25, -0.2) is 4.68 Å². The van der Waals surface area contributed by atoms with E-state index in [-0.39, 0.29) is 17.5 Å². The molecule has 0 spiro atoms. The van der Waals surface area contributed by atoms with E-state index in [1.165, 1.54) is 23.2 Å². The number of nitrogens with zero attached hydrogens (tertiary/aromatic N) is 2. The summed E-state index contributed by atoms with van der Waals surface area (Å²) in [5.41, 5.74) is 0.172. The van der Waals surface area contributed by atoms with Crippen LogP contribution >= 0.6 is 0 Å². The molecule has 20 heavy (non-hydrogen) atoms. The minimum absolute atomic E-state index is 0.158. The first kappa shape index (κ1) is 14.8. The molecule has 1 fully saturated rings. The summed E-state index contributed by atoms with van der Waals surface area (Å²) in [5, 5.41) is 7.18. The number of hydrogen-bond donors (Lipinski definition) is 1. The van der Waals surface area contributed by atoms with Crippen LogP contribution in [0, 0.1) is 5.92 Å². The molecule has 1 heterocycles. The van der Waals surface area contributed by atoms with E-state index in [2.05, 4.69) is 17.3 Å². The fourth-order valence-corrected chi connectivity index (χ4v) is 2.77. The topological polar surface area (TPSA) is 64.0 Å². The van der Waals surface area contributed by atoms with Gasteiger partial charge in [-0.15, -0.1) is 0 Å². The van der Waals surface area contributed by atoms with Gasteiger partial charge in [-0.3, -0.25) is 9.59 Å². The first-order chi connectivity index (χ1) is 9.60. The van der Waals surface area contributed by atoms with Gasteiger partial charge in [-0.1, -0.05) is 26.7 Å². The Kier molecular flexibility index (Phi) is 4.93. The zero-order chi connectivity index (χ0) is 14.5. The average Bonchev–Trinajstić information content (AvgIpc) is 2.41. The zero-order valence-electron chi connectivity index (χ0n) is 12.3. The normalized spacial score (nSPS) is 22.5. The maximum atomic E-state index is 12.2. The average molecular weight is 277 g/mol. The molecular weight excluding hydrogens is 254 g/mol. The smallest absolute Gasteiger partial charge is 0.271 e. The minimum atomic E-state index is -0.172. The molecule has 2 rings (SSSR count). The number of nitrogens with one attached hydrogen (secondary N) is 1. The second kappa shape index (κ2) is 6.68. The SMILES string of the molecule is CCCn1nc(C(=O)NC2CCCC(C)C2)ccc1=O. The van der Waals surface area contributed by atoms with E-state index in [1.807, 2.05) is 6.92 Å². The van der Waals surface area contributed by atoms with Gasteiger partial charge in [-0.05, 0) is 31.2 Å². The molecule has 110 valence electrons. The highest BCUT2D eigenvalue weighted by atomic mass is 16.2. The molecular formula is C15H23N3O2. The quantitative estimate of drug-likeness (QED) is 0.915. The third-order valence-electron chi connectivity index (χ3n) is 3.81. The predicted molar refractivity (Wildman–Crippen MR) is 77.7 cm³/mol. The summed E-state index contributed by atoms with van der Waals surface area (Å²) in [7, 11) is 0. The van der Waals surface area contributed by atoms with Gasteiger partial charge < -0.3 is 5.32 Å². The molecule has 1 aliphatic carbocycles. The monoisotopic (exact) mass is 277 g/mol. The third-order valence-corrected chi connectivity index (χ3v) is 3.81. The Morgan fingerprint density at radius 2 is 2.25 bits per heavy atom.